The second-order valence-corrected chi connectivity index (χ2v) is 3.85. The predicted octanol–water partition coefficient (Wildman–Crippen LogP) is 3.83. The Kier molecular flexibility index (Phi) is 1.97. The molecule has 1 heterocycles. The minimum atomic E-state index is 1.02. The smallest absolute Gasteiger partial charge is 0.0786 e. The van der Waals surface area contributed by atoms with Gasteiger partial charge in [-0.15, -0.1) is 0 Å². The predicted molar refractivity (Wildman–Crippen MR) is 69.0 cm³/mol. The molecule has 0 spiro atoms. The van der Waals surface area contributed by atoms with Crippen LogP contribution in [0.2, 0.25) is 0 Å². The van der Waals surface area contributed by atoms with Gasteiger partial charge in [-0.2, -0.15) is 0 Å². The largest absolute Gasteiger partial charge is 0.256 e. The molecule has 0 fully saturated rings. The fourth-order valence-electron chi connectivity index (χ4n) is 2.05. The van der Waals surface area contributed by atoms with E-state index >= 15 is 0 Å². The molecule has 0 radical (unpaired) electrons. The van der Waals surface area contributed by atoms with Crippen LogP contribution in [0.1, 0.15) is 11.1 Å². The molecule has 0 amide bonds. The van der Waals surface area contributed by atoms with Crippen molar-refractivity contribution in [3.8, 4) is 0 Å². The zero-order valence-corrected chi connectivity index (χ0v) is 8.85. The second kappa shape index (κ2) is 3.46. The van der Waals surface area contributed by atoms with E-state index in [1.807, 2.05) is 30.5 Å². The summed E-state index contributed by atoms with van der Waals surface area (Å²) >= 11 is 0. The van der Waals surface area contributed by atoms with Crippen molar-refractivity contribution < 1.29 is 0 Å². The van der Waals surface area contributed by atoms with Crippen molar-refractivity contribution in [1.82, 2.24) is 4.98 Å². The fraction of sp³-hybridized carbons (Fsp3) is 0. The first-order valence-corrected chi connectivity index (χ1v) is 5.28. The molecular weight excluding hydrogens is 194 g/mol. The monoisotopic (exact) mass is 205 g/mol. The van der Waals surface area contributed by atoms with E-state index in [-0.39, 0.29) is 0 Å². The lowest BCUT2D eigenvalue weighted by Crippen LogP contribution is -1.90. The molecule has 0 atom stereocenters. The van der Waals surface area contributed by atoms with E-state index in [4.69, 9.17) is 0 Å². The van der Waals surface area contributed by atoms with Crippen LogP contribution >= 0.6 is 0 Å². The molecule has 2 aromatic rings. The van der Waals surface area contributed by atoms with Crippen LogP contribution in [0.5, 0.6) is 0 Å². The zero-order valence-electron chi connectivity index (χ0n) is 8.85. The Morgan fingerprint density at radius 2 is 1.88 bits per heavy atom. The van der Waals surface area contributed by atoms with Crippen molar-refractivity contribution >= 4 is 22.6 Å². The first kappa shape index (κ1) is 9.10. The van der Waals surface area contributed by atoms with Gasteiger partial charge < -0.3 is 0 Å². The fourth-order valence-corrected chi connectivity index (χ4v) is 2.05. The summed E-state index contributed by atoms with van der Waals surface area (Å²) in [6, 6.07) is 8.26. The molecule has 1 heteroatoms. The number of pyridine rings is 1. The van der Waals surface area contributed by atoms with Gasteiger partial charge in [0.1, 0.15) is 0 Å². The quantitative estimate of drug-likeness (QED) is 0.637. The van der Waals surface area contributed by atoms with Gasteiger partial charge >= 0.3 is 0 Å². The minimum absolute atomic E-state index is 1.02. The van der Waals surface area contributed by atoms with Gasteiger partial charge in [0.05, 0.1) is 5.52 Å². The van der Waals surface area contributed by atoms with Crippen LogP contribution in [0.4, 0.5) is 0 Å². The summed E-state index contributed by atoms with van der Waals surface area (Å²) < 4.78 is 0. The summed E-state index contributed by atoms with van der Waals surface area (Å²) in [4.78, 5) is 4.46. The van der Waals surface area contributed by atoms with Crippen LogP contribution < -0.4 is 0 Å². The van der Waals surface area contributed by atoms with E-state index in [2.05, 4.69) is 35.8 Å². The second-order valence-electron chi connectivity index (χ2n) is 3.85. The summed E-state index contributed by atoms with van der Waals surface area (Å²) in [5.41, 5.74) is 4.37. The van der Waals surface area contributed by atoms with Crippen molar-refractivity contribution in [3.63, 3.8) is 0 Å². The lowest BCUT2D eigenvalue weighted by atomic mass is 9.98. The van der Waals surface area contributed by atoms with Crippen LogP contribution in [0.15, 0.2) is 55.3 Å². The molecule has 3 rings (SSSR count). The van der Waals surface area contributed by atoms with Crippen molar-refractivity contribution in [3.05, 3.63) is 66.4 Å². The van der Waals surface area contributed by atoms with Gasteiger partial charge in [-0.1, -0.05) is 49.1 Å². The molecule has 16 heavy (non-hydrogen) atoms. The Bertz CT molecular complexity index is 633. The number of benzene rings is 1. The van der Waals surface area contributed by atoms with E-state index in [0.717, 1.165) is 22.0 Å². The van der Waals surface area contributed by atoms with Crippen LogP contribution in [0.25, 0.3) is 22.6 Å². The van der Waals surface area contributed by atoms with Gasteiger partial charge in [-0.25, -0.2) is 0 Å². The van der Waals surface area contributed by atoms with Gasteiger partial charge in [0, 0.05) is 17.1 Å². The van der Waals surface area contributed by atoms with Crippen molar-refractivity contribution in [2.75, 3.05) is 0 Å². The highest BCUT2D eigenvalue weighted by Crippen LogP contribution is 2.29. The molecule has 1 aliphatic carbocycles. The normalized spacial score (nSPS) is 13.9. The summed E-state index contributed by atoms with van der Waals surface area (Å²) in [5, 5.41) is 1.16. The molecule has 0 unspecified atom stereocenters. The highest BCUT2D eigenvalue weighted by Gasteiger charge is 2.09. The maximum absolute atomic E-state index is 4.46. The Morgan fingerprint density at radius 3 is 2.81 bits per heavy atom. The molecule has 1 aromatic carbocycles. The third-order valence-electron chi connectivity index (χ3n) is 2.81. The van der Waals surface area contributed by atoms with Crippen LogP contribution in [-0.2, 0) is 0 Å². The number of hydrogen-bond acceptors (Lipinski definition) is 1. The number of hydrogen-bond donors (Lipinski definition) is 0. The molecule has 1 aromatic heterocycles. The van der Waals surface area contributed by atoms with E-state index in [9.17, 15) is 0 Å². The van der Waals surface area contributed by atoms with E-state index in [1.54, 1.807) is 0 Å². The van der Waals surface area contributed by atoms with Crippen LogP contribution in [0.3, 0.4) is 0 Å². The van der Waals surface area contributed by atoms with Gasteiger partial charge in [0.15, 0.2) is 0 Å². The first-order chi connectivity index (χ1) is 7.86. The summed E-state index contributed by atoms with van der Waals surface area (Å²) in [6.45, 7) is 4.10. The molecule has 0 N–H and O–H groups in total. The Morgan fingerprint density at radius 1 is 1.00 bits per heavy atom. The van der Waals surface area contributed by atoms with Crippen LogP contribution in [0, 0.1) is 0 Å². The zero-order chi connectivity index (χ0) is 11.0. The number of nitrogens with zero attached hydrogens (tertiary/aromatic N) is 1. The molecule has 0 bridgehead atoms. The Labute approximate surface area is 94.4 Å². The van der Waals surface area contributed by atoms with Crippen LogP contribution in [-0.4, -0.2) is 4.98 Å². The lowest BCUT2D eigenvalue weighted by molar-refractivity contribution is 1.40. The number of aromatic nitrogens is 1. The Hall–Kier alpha value is -2.15. The van der Waals surface area contributed by atoms with Gasteiger partial charge in [-0.05, 0) is 17.2 Å². The summed E-state index contributed by atoms with van der Waals surface area (Å²) in [7, 11) is 0. The SMILES string of the molecule is C=C1C=CC=Cc2ccc3cccnc3c21. The summed E-state index contributed by atoms with van der Waals surface area (Å²) in [6.07, 6.45) is 9.99. The average molecular weight is 205 g/mol. The molecule has 0 saturated carbocycles. The van der Waals surface area contributed by atoms with E-state index in [1.165, 1.54) is 5.56 Å². The molecule has 1 aliphatic rings. The average Bonchev–Trinajstić information content (AvgIpc) is 2.51. The highest BCUT2D eigenvalue weighted by molar-refractivity contribution is 5.97. The van der Waals surface area contributed by atoms with Crippen molar-refractivity contribution in [1.29, 1.82) is 0 Å². The third kappa shape index (κ3) is 1.29. The topological polar surface area (TPSA) is 12.9 Å². The molecular formula is C15H11N. The lowest BCUT2D eigenvalue weighted by Gasteiger charge is -2.08. The number of allylic oxidation sites excluding steroid dienone is 4. The number of rotatable bonds is 0. The highest BCUT2D eigenvalue weighted by atomic mass is 14.6. The van der Waals surface area contributed by atoms with Crippen molar-refractivity contribution in [2.45, 2.75) is 0 Å². The molecule has 1 nitrogen and oxygen atoms in total. The van der Waals surface area contributed by atoms with E-state index < -0.39 is 0 Å². The number of fused-ring (bicyclic) bond motifs is 3. The standard InChI is InChI=1S/C15H11N/c1-11-5-2-3-6-12-8-9-13-7-4-10-16-15(13)14(11)12/h2-10H,1H2. The van der Waals surface area contributed by atoms with Gasteiger partial charge in [0.2, 0.25) is 0 Å². The summed E-state index contributed by atoms with van der Waals surface area (Å²) in [5.74, 6) is 0. The first-order valence-electron chi connectivity index (χ1n) is 5.28. The molecule has 0 saturated heterocycles. The maximum atomic E-state index is 4.46. The van der Waals surface area contributed by atoms with Gasteiger partial charge in [-0.3, -0.25) is 4.98 Å². The minimum Gasteiger partial charge on any atom is -0.256 e. The molecule has 0 aliphatic heterocycles. The van der Waals surface area contributed by atoms with E-state index in [0.29, 0.717) is 0 Å². The Balaban J connectivity index is 2.45. The van der Waals surface area contributed by atoms with Gasteiger partial charge in [0.25, 0.3) is 0 Å². The molecule has 76 valence electrons. The maximum Gasteiger partial charge on any atom is 0.0786 e. The van der Waals surface area contributed by atoms with Crippen molar-refractivity contribution in [2.24, 2.45) is 0 Å². The third-order valence-corrected chi connectivity index (χ3v) is 2.81.